The number of hydrogen-bond acceptors (Lipinski definition) is 3. The molecule has 7 heteroatoms. The minimum Gasteiger partial charge on any atom is -0.352 e. The van der Waals surface area contributed by atoms with E-state index in [1.807, 2.05) is 6.07 Å². The first kappa shape index (κ1) is 18.6. The summed E-state index contributed by atoms with van der Waals surface area (Å²) < 4.78 is 14.6. The number of benzene rings is 1. The molecule has 2 amide bonds. The van der Waals surface area contributed by atoms with Gasteiger partial charge in [0, 0.05) is 38.4 Å². The van der Waals surface area contributed by atoms with Crippen molar-refractivity contribution in [2.24, 2.45) is 13.0 Å². The van der Waals surface area contributed by atoms with Crippen LogP contribution in [0.2, 0.25) is 0 Å². The number of nitrogens with zero attached hydrogens (tertiary/aromatic N) is 3. The number of halogens is 1. The summed E-state index contributed by atoms with van der Waals surface area (Å²) in [6.07, 6.45) is 3.42. The van der Waals surface area contributed by atoms with Gasteiger partial charge in [0.2, 0.25) is 0 Å². The zero-order valence-electron chi connectivity index (χ0n) is 15.1. The van der Waals surface area contributed by atoms with Gasteiger partial charge in [-0.3, -0.25) is 9.59 Å². The molecule has 2 aromatic rings. The Morgan fingerprint density at radius 3 is 2.74 bits per heavy atom. The van der Waals surface area contributed by atoms with Crippen molar-refractivity contribution < 1.29 is 14.0 Å². The molecule has 0 bridgehead atoms. The summed E-state index contributed by atoms with van der Waals surface area (Å²) in [5.74, 6) is -0.580. The standard InChI is InChI=1S/C20H21FN4O2/c1-24-12-15(10-22)9-18(24)20(27)25-8-2-3-14(13-25)11-23-19(26)16-4-6-17(21)7-5-16/h4-7,9,12,14H,2-3,8,11,13H2,1H3,(H,23,26)/t14-/m1/s1. The highest BCUT2D eigenvalue weighted by molar-refractivity contribution is 5.94. The quantitative estimate of drug-likeness (QED) is 0.900. The third-order valence-corrected chi connectivity index (χ3v) is 4.82. The Balaban J connectivity index is 1.58. The number of nitrogens with one attached hydrogen (secondary N) is 1. The Morgan fingerprint density at radius 2 is 2.07 bits per heavy atom. The van der Waals surface area contributed by atoms with Crippen molar-refractivity contribution in [1.82, 2.24) is 14.8 Å². The Labute approximate surface area is 157 Å². The SMILES string of the molecule is Cn1cc(C#N)cc1C(=O)N1CCC[C@H](CNC(=O)c2ccc(F)cc2)C1. The molecule has 0 spiro atoms. The van der Waals surface area contributed by atoms with Crippen LogP contribution in [0.5, 0.6) is 0 Å². The third kappa shape index (κ3) is 4.34. The Morgan fingerprint density at radius 1 is 1.33 bits per heavy atom. The molecule has 1 aromatic heterocycles. The summed E-state index contributed by atoms with van der Waals surface area (Å²) in [6.45, 7) is 1.67. The number of aromatic nitrogens is 1. The second-order valence-electron chi connectivity index (χ2n) is 6.81. The molecule has 0 unspecified atom stereocenters. The molecule has 0 aliphatic carbocycles. The van der Waals surface area contributed by atoms with Gasteiger partial charge < -0.3 is 14.8 Å². The summed E-state index contributed by atoms with van der Waals surface area (Å²) in [4.78, 5) is 26.7. The number of carbonyl (C=O) groups excluding carboxylic acids is 2. The van der Waals surface area contributed by atoms with Crippen LogP contribution in [-0.4, -0.2) is 40.9 Å². The number of amides is 2. The Hall–Kier alpha value is -3.14. The van der Waals surface area contributed by atoms with Crippen molar-refractivity contribution in [3.8, 4) is 6.07 Å². The summed E-state index contributed by atoms with van der Waals surface area (Å²) in [7, 11) is 1.75. The minimum absolute atomic E-state index is 0.103. The molecule has 1 atom stereocenters. The van der Waals surface area contributed by atoms with Crippen LogP contribution < -0.4 is 5.32 Å². The number of aryl methyl sites for hydroxylation is 1. The van der Waals surface area contributed by atoms with Crippen LogP contribution in [0.4, 0.5) is 4.39 Å². The molecule has 2 heterocycles. The first-order valence-corrected chi connectivity index (χ1v) is 8.87. The Bertz CT molecular complexity index is 882. The molecule has 27 heavy (non-hydrogen) atoms. The topological polar surface area (TPSA) is 78.1 Å². The van der Waals surface area contributed by atoms with Crippen LogP contribution in [0, 0.1) is 23.1 Å². The lowest BCUT2D eigenvalue weighted by atomic mass is 9.97. The number of hydrogen-bond donors (Lipinski definition) is 1. The highest BCUT2D eigenvalue weighted by Gasteiger charge is 2.26. The molecule has 140 valence electrons. The molecule has 1 N–H and O–H groups in total. The van der Waals surface area contributed by atoms with Gasteiger partial charge in [0.05, 0.1) is 5.56 Å². The lowest BCUT2D eigenvalue weighted by molar-refractivity contribution is 0.0661. The molecular weight excluding hydrogens is 347 g/mol. The lowest BCUT2D eigenvalue weighted by Crippen LogP contribution is -2.44. The molecular formula is C20H21FN4O2. The average molecular weight is 368 g/mol. The van der Waals surface area contributed by atoms with Crippen molar-refractivity contribution >= 4 is 11.8 Å². The molecule has 3 rings (SSSR count). The van der Waals surface area contributed by atoms with Gasteiger partial charge >= 0.3 is 0 Å². The smallest absolute Gasteiger partial charge is 0.270 e. The van der Waals surface area contributed by atoms with E-state index in [4.69, 9.17) is 5.26 Å². The maximum atomic E-state index is 12.9. The van der Waals surface area contributed by atoms with Gasteiger partial charge in [0.25, 0.3) is 11.8 Å². The molecule has 1 aliphatic heterocycles. The van der Waals surface area contributed by atoms with Gasteiger partial charge in [-0.1, -0.05) is 0 Å². The van der Waals surface area contributed by atoms with Gasteiger partial charge in [-0.05, 0) is 49.1 Å². The van der Waals surface area contributed by atoms with E-state index in [9.17, 15) is 14.0 Å². The van der Waals surface area contributed by atoms with Crippen LogP contribution >= 0.6 is 0 Å². The number of rotatable bonds is 4. The fourth-order valence-electron chi connectivity index (χ4n) is 3.36. The molecule has 1 fully saturated rings. The monoisotopic (exact) mass is 368 g/mol. The first-order valence-electron chi connectivity index (χ1n) is 8.87. The normalized spacial score (nSPS) is 16.6. The number of piperidine rings is 1. The summed E-state index contributed by atoms with van der Waals surface area (Å²) >= 11 is 0. The summed E-state index contributed by atoms with van der Waals surface area (Å²) in [6, 6.07) is 9.05. The van der Waals surface area contributed by atoms with E-state index in [1.54, 1.807) is 28.8 Å². The van der Waals surface area contributed by atoms with Gasteiger partial charge in [0.1, 0.15) is 17.6 Å². The fourth-order valence-corrected chi connectivity index (χ4v) is 3.36. The first-order chi connectivity index (χ1) is 13.0. The summed E-state index contributed by atoms with van der Waals surface area (Å²) in [5, 5.41) is 11.9. The zero-order valence-corrected chi connectivity index (χ0v) is 15.1. The maximum absolute atomic E-state index is 12.9. The van der Waals surface area contributed by atoms with Crippen molar-refractivity contribution in [2.45, 2.75) is 12.8 Å². The van der Waals surface area contributed by atoms with E-state index in [-0.39, 0.29) is 23.5 Å². The van der Waals surface area contributed by atoms with Crippen LogP contribution in [-0.2, 0) is 7.05 Å². The van der Waals surface area contributed by atoms with Crippen molar-refractivity contribution in [2.75, 3.05) is 19.6 Å². The van der Waals surface area contributed by atoms with E-state index in [1.165, 1.54) is 24.3 Å². The number of likely N-dealkylation sites (tertiary alicyclic amines) is 1. The highest BCUT2D eigenvalue weighted by Crippen LogP contribution is 2.19. The molecule has 1 aliphatic rings. The Kier molecular flexibility index (Phi) is 5.55. The largest absolute Gasteiger partial charge is 0.352 e. The zero-order chi connectivity index (χ0) is 19.4. The molecule has 0 saturated carbocycles. The van der Waals surface area contributed by atoms with Crippen LogP contribution in [0.25, 0.3) is 0 Å². The van der Waals surface area contributed by atoms with E-state index >= 15 is 0 Å². The molecule has 1 aromatic carbocycles. The van der Waals surface area contributed by atoms with Crippen LogP contribution in [0.3, 0.4) is 0 Å². The number of nitriles is 1. The van der Waals surface area contributed by atoms with Gasteiger partial charge in [-0.25, -0.2) is 4.39 Å². The van der Waals surface area contributed by atoms with Gasteiger partial charge in [-0.15, -0.1) is 0 Å². The van der Waals surface area contributed by atoms with Crippen LogP contribution in [0.1, 0.15) is 39.3 Å². The lowest BCUT2D eigenvalue weighted by Gasteiger charge is -2.33. The fraction of sp³-hybridized carbons (Fsp3) is 0.350. The maximum Gasteiger partial charge on any atom is 0.270 e. The van der Waals surface area contributed by atoms with E-state index < -0.39 is 0 Å². The average Bonchev–Trinajstić information content (AvgIpc) is 3.07. The van der Waals surface area contributed by atoms with Crippen LogP contribution in [0.15, 0.2) is 36.5 Å². The van der Waals surface area contributed by atoms with Gasteiger partial charge in [0.15, 0.2) is 0 Å². The molecule has 0 radical (unpaired) electrons. The third-order valence-electron chi connectivity index (χ3n) is 4.82. The summed E-state index contributed by atoms with van der Waals surface area (Å²) in [5.41, 5.74) is 1.36. The van der Waals surface area contributed by atoms with Crippen molar-refractivity contribution in [3.05, 3.63) is 59.2 Å². The van der Waals surface area contributed by atoms with Crippen molar-refractivity contribution in [1.29, 1.82) is 5.26 Å². The minimum atomic E-state index is -0.381. The van der Waals surface area contributed by atoms with E-state index in [0.717, 1.165) is 12.8 Å². The second kappa shape index (κ2) is 8.04. The van der Waals surface area contributed by atoms with E-state index in [2.05, 4.69) is 5.32 Å². The van der Waals surface area contributed by atoms with E-state index in [0.29, 0.717) is 36.5 Å². The number of carbonyl (C=O) groups is 2. The molecule has 1 saturated heterocycles. The van der Waals surface area contributed by atoms with Crippen molar-refractivity contribution in [3.63, 3.8) is 0 Å². The second-order valence-corrected chi connectivity index (χ2v) is 6.81. The predicted molar refractivity (Wildman–Crippen MR) is 97.5 cm³/mol. The van der Waals surface area contributed by atoms with Gasteiger partial charge in [-0.2, -0.15) is 5.26 Å². The molecule has 6 nitrogen and oxygen atoms in total. The highest BCUT2D eigenvalue weighted by atomic mass is 19.1. The predicted octanol–water partition coefficient (Wildman–Crippen LogP) is 2.32.